The number of nitrogens with zero attached hydrogens (tertiary/aromatic N) is 4. The van der Waals surface area contributed by atoms with Gasteiger partial charge < -0.3 is 19.9 Å². The average Bonchev–Trinajstić information content (AvgIpc) is 3.45. The van der Waals surface area contributed by atoms with Gasteiger partial charge in [-0.15, -0.1) is 11.8 Å². The van der Waals surface area contributed by atoms with E-state index in [1.54, 1.807) is 60.7 Å². The minimum Gasteiger partial charge on any atom is -0.459 e. The molecule has 0 unspecified atom stereocenters. The molecule has 1 aliphatic heterocycles. The molecule has 4 atom stereocenters. The first-order chi connectivity index (χ1) is 18.8. The molecular formula is C27H26FN5O5S. The van der Waals surface area contributed by atoms with Crippen molar-refractivity contribution in [2.75, 3.05) is 12.3 Å². The molecule has 39 heavy (non-hydrogen) atoms. The normalized spacial score (nSPS) is 20.8. The second-order valence-corrected chi connectivity index (χ2v) is 10.6. The molecule has 4 aromatic rings. The number of ether oxygens (including phenoxy) is 3. The number of hydrogen-bond donors (Lipinski definition) is 1. The van der Waals surface area contributed by atoms with Gasteiger partial charge in [-0.1, -0.05) is 50.2 Å². The van der Waals surface area contributed by atoms with Gasteiger partial charge in [-0.2, -0.15) is 5.10 Å². The minimum absolute atomic E-state index is 0.145. The summed E-state index contributed by atoms with van der Waals surface area (Å²) in [5.74, 6) is -1.16. The van der Waals surface area contributed by atoms with Crippen LogP contribution in [0.3, 0.4) is 0 Å². The fraction of sp³-hybridized carbons (Fsp3) is 0.296. The third-order valence-corrected chi connectivity index (χ3v) is 6.96. The van der Waals surface area contributed by atoms with E-state index in [9.17, 15) is 9.59 Å². The van der Waals surface area contributed by atoms with Crippen LogP contribution in [0.25, 0.3) is 11.0 Å². The number of aromatic nitrogens is 4. The Morgan fingerprint density at radius 2 is 1.69 bits per heavy atom. The third-order valence-electron chi connectivity index (χ3n) is 5.98. The van der Waals surface area contributed by atoms with Gasteiger partial charge in [0.15, 0.2) is 24.2 Å². The summed E-state index contributed by atoms with van der Waals surface area (Å²) in [5, 5.41) is 5.70. The average molecular weight is 552 g/mol. The van der Waals surface area contributed by atoms with Crippen molar-refractivity contribution >= 4 is 40.6 Å². The summed E-state index contributed by atoms with van der Waals surface area (Å²) in [6, 6.07) is 16.6. The summed E-state index contributed by atoms with van der Waals surface area (Å²) < 4.78 is 34.4. The zero-order valence-electron chi connectivity index (χ0n) is 21.1. The highest BCUT2D eigenvalue weighted by Gasteiger charge is 2.50. The number of nitrogens with two attached hydrogens (primary N) is 1. The summed E-state index contributed by atoms with van der Waals surface area (Å²) in [4.78, 5) is 33.8. The number of anilines is 1. The van der Waals surface area contributed by atoms with Crippen LogP contribution in [-0.2, 0) is 14.2 Å². The second kappa shape index (κ2) is 11.4. The van der Waals surface area contributed by atoms with Crippen LogP contribution >= 0.6 is 11.8 Å². The Kier molecular flexibility index (Phi) is 7.75. The molecular weight excluding hydrogens is 525 g/mol. The third kappa shape index (κ3) is 5.57. The van der Waals surface area contributed by atoms with Gasteiger partial charge in [-0.25, -0.2) is 28.6 Å². The van der Waals surface area contributed by atoms with Gasteiger partial charge >= 0.3 is 11.9 Å². The van der Waals surface area contributed by atoms with Crippen LogP contribution in [0.15, 0.2) is 72.0 Å². The van der Waals surface area contributed by atoms with E-state index in [-0.39, 0.29) is 28.9 Å². The van der Waals surface area contributed by atoms with E-state index in [2.05, 4.69) is 15.1 Å². The standard InChI is InChI=1S/C27H26FN5O5S/c1-15(2)39-24-19-22(29)30-14-31-23(19)33(32-24)25-20(28)21(38-27(35)17-11-7-4-8-12-17)18(37-25)13-36-26(34)16-9-5-3-6-10-16/h3-12,14-15,18,20-21,25H,13H2,1-2H3,(H2,29,30,31)/t18-,20-,21-,25-/m0/s1. The van der Waals surface area contributed by atoms with E-state index in [1.807, 2.05) is 13.8 Å². The van der Waals surface area contributed by atoms with Gasteiger partial charge in [0.1, 0.15) is 29.9 Å². The molecule has 0 aliphatic carbocycles. The SMILES string of the molecule is CC(C)Sc1nn([C@H]2O[C@@H](COC(=O)c3ccccc3)[C@H](OC(=O)c3ccccc3)[C@@H]2F)c2ncnc(N)c12. The zero-order valence-corrected chi connectivity index (χ0v) is 22.0. The Labute approximate surface area is 227 Å². The van der Waals surface area contributed by atoms with E-state index < -0.39 is 36.5 Å². The Morgan fingerprint density at radius 1 is 1.05 bits per heavy atom. The van der Waals surface area contributed by atoms with Crippen LogP contribution < -0.4 is 5.73 Å². The highest BCUT2D eigenvalue weighted by Crippen LogP contribution is 2.39. The number of alkyl halides is 1. The van der Waals surface area contributed by atoms with Crippen molar-refractivity contribution in [2.24, 2.45) is 0 Å². The van der Waals surface area contributed by atoms with Gasteiger partial charge in [-0.05, 0) is 24.3 Å². The lowest BCUT2D eigenvalue weighted by atomic mass is 10.1. The molecule has 0 spiro atoms. The van der Waals surface area contributed by atoms with E-state index in [4.69, 9.17) is 19.9 Å². The van der Waals surface area contributed by atoms with Crippen LogP contribution in [0, 0.1) is 0 Å². The number of thioether (sulfide) groups is 1. The van der Waals surface area contributed by atoms with Crippen molar-refractivity contribution in [3.63, 3.8) is 0 Å². The fourth-order valence-electron chi connectivity index (χ4n) is 4.19. The quantitative estimate of drug-likeness (QED) is 0.251. The summed E-state index contributed by atoms with van der Waals surface area (Å²) in [5.41, 5.74) is 6.96. The first-order valence-corrected chi connectivity index (χ1v) is 13.1. The van der Waals surface area contributed by atoms with Gasteiger partial charge in [0.25, 0.3) is 0 Å². The molecule has 2 aromatic heterocycles. The second-order valence-electron chi connectivity index (χ2n) is 9.08. The molecule has 1 aliphatic rings. The molecule has 1 fully saturated rings. The molecule has 0 radical (unpaired) electrons. The van der Waals surface area contributed by atoms with E-state index in [0.29, 0.717) is 16.0 Å². The topological polar surface area (TPSA) is 131 Å². The summed E-state index contributed by atoms with van der Waals surface area (Å²) in [7, 11) is 0. The van der Waals surface area contributed by atoms with Crippen LogP contribution in [0.1, 0.15) is 40.8 Å². The molecule has 10 nitrogen and oxygen atoms in total. The summed E-state index contributed by atoms with van der Waals surface area (Å²) >= 11 is 1.42. The highest BCUT2D eigenvalue weighted by atomic mass is 32.2. The molecule has 2 aromatic carbocycles. The number of hydrogen-bond acceptors (Lipinski definition) is 10. The number of esters is 2. The van der Waals surface area contributed by atoms with E-state index in [1.165, 1.54) is 22.8 Å². The Balaban J connectivity index is 1.46. The van der Waals surface area contributed by atoms with Crippen molar-refractivity contribution in [2.45, 2.75) is 48.7 Å². The zero-order chi connectivity index (χ0) is 27.5. The molecule has 3 heterocycles. The number of carbonyl (C=O) groups is 2. The van der Waals surface area contributed by atoms with Gasteiger partial charge in [0, 0.05) is 5.25 Å². The maximum atomic E-state index is 16.1. The maximum absolute atomic E-state index is 16.1. The van der Waals surface area contributed by atoms with Crippen molar-refractivity contribution < 1.29 is 28.2 Å². The van der Waals surface area contributed by atoms with Gasteiger partial charge in [0.2, 0.25) is 0 Å². The lowest BCUT2D eigenvalue weighted by molar-refractivity contribution is -0.0604. The van der Waals surface area contributed by atoms with Crippen LogP contribution in [0.5, 0.6) is 0 Å². The van der Waals surface area contributed by atoms with E-state index in [0.717, 1.165) is 0 Å². The minimum atomic E-state index is -1.87. The summed E-state index contributed by atoms with van der Waals surface area (Å²) in [6.45, 7) is 3.60. The monoisotopic (exact) mass is 551 g/mol. The number of nitrogen functional groups attached to an aromatic ring is 1. The first-order valence-electron chi connectivity index (χ1n) is 12.3. The molecule has 0 amide bonds. The van der Waals surface area contributed by atoms with Crippen molar-refractivity contribution in [3.8, 4) is 0 Å². The molecule has 12 heteroatoms. The van der Waals surface area contributed by atoms with Gasteiger partial charge in [0.05, 0.1) is 16.5 Å². The van der Waals surface area contributed by atoms with Crippen LogP contribution in [0.2, 0.25) is 0 Å². The molecule has 0 saturated carbocycles. The Hall–Kier alpha value is -4.03. The van der Waals surface area contributed by atoms with E-state index >= 15 is 4.39 Å². The summed E-state index contributed by atoms with van der Waals surface area (Å²) in [6.07, 6.45) is -4.46. The lowest BCUT2D eigenvalue weighted by Crippen LogP contribution is -2.37. The predicted molar refractivity (Wildman–Crippen MR) is 142 cm³/mol. The number of carbonyl (C=O) groups excluding carboxylic acids is 2. The first kappa shape index (κ1) is 26.6. The lowest BCUT2D eigenvalue weighted by Gasteiger charge is -2.19. The van der Waals surface area contributed by atoms with Gasteiger partial charge in [-0.3, -0.25) is 0 Å². The van der Waals surface area contributed by atoms with Crippen molar-refractivity contribution in [1.29, 1.82) is 0 Å². The van der Waals surface area contributed by atoms with Crippen molar-refractivity contribution in [1.82, 2.24) is 19.7 Å². The maximum Gasteiger partial charge on any atom is 0.338 e. The predicted octanol–water partition coefficient (Wildman–Crippen LogP) is 4.23. The number of benzene rings is 2. The molecule has 5 rings (SSSR count). The van der Waals surface area contributed by atoms with Crippen LogP contribution in [0.4, 0.5) is 10.2 Å². The molecule has 1 saturated heterocycles. The largest absolute Gasteiger partial charge is 0.459 e. The molecule has 202 valence electrons. The highest BCUT2D eigenvalue weighted by molar-refractivity contribution is 8.00. The number of halogens is 1. The number of fused-ring (bicyclic) bond motifs is 1. The fourth-order valence-corrected chi connectivity index (χ4v) is 5.09. The smallest absolute Gasteiger partial charge is 0.338 e. The Morgan fingerprint density at radius 3 is 2.33 bits per heavy atom. The Bertz CT molecular complexity index is 1470. The molecule has 0 bridgehead atoms. The molecule has 2 N–H and O–H groups in total. The van der Waals surface area contributed by atoms with Crippen molar-refractivity contribution in [3.05, 3.63) is 78.1 Å². The van der Waals surface area contributed by atoms with Crippen LogP contribution in [-0.4, -0.2) is 61.9 Å². The number of rotatable bonds is 8.